The van der Waals surface area contributed by atoms with Crippen molar-refractivity contribution < 1.29 is 14.3 Å². The van der Waals surface area contributed by atoms with E-state index in [1.165, 1.54) is 0 Å². The molecule has 0 aromatic heterocycles. The molecule has 1 amide bonds. The maximum atomic E-state index is 11.4. The molecule has 94 valence electrons. The van der Waals surface area contributed by atoms with Gasteiger partial charge in [-0.15, -0.1) is 0 Å². The van der Waals surface area contributed by atoms with Crippen LogP contribution in [0.5, 0.6) is 0 Å². The predicted molar refractivity (Wildman–Crippen MR) is 63.9 cm³/mol. The monoisotopic (exact) mass is 248 g/mol. The first-order chi connectivity index (χ1) is 7.67. The minimum atomic E-state index is -0.649. The number of amides is 1. The molecule has 0 aromatic carbocycles. The summed E-state index contributed by atoms with van der Waals surface area (Å²) in [5, 5.41) is 5.62. The number of carbonyl (C=O) groups is 1. The number of carbonyl (C=O) groups excluding carboxylic acids is 1. The van der Waals surface area contributed by atoms with Gasteiger partial charge in [0.25, 0.3) is 0 Å². The van der Waals surface area contributed by atoms with Gasteiger partial charge in [0, 0.05) is 20.4 Å². The van der Waals surface area contributed by atoms with E-state index in [0.29, 0.717) is 12.6 Å². The molecule has 0 aromatic rings. The van der Waals surface area contributed by atoms with Crippen molar-refractivity contribution in [3.8, 4) is 0 Å². The van der Waals surface area contributed by atoms with E-state index in [-0.39, 0.29) is 18.2 Å². The number of rotatable bonds is 9. The summed E-state index contributed by atoms with van der Waals surface area (Å²) in [7, 11) is 2.50. The normalized spacial score (nSPS) is 13.2. The first-order valence-electron chi connectivity index (χ1n) is 5.32. The Morgan fingerprint density at radius 2 is 2.06 bits per heavy atom. The lowest BCUT2D eigenvalue weighted by Crippen LogP contribution is -2.35. The molecule has 1 unspecified atom stereocenters. The minimum Gasteiger partial charge on any atom is -0.360 e. The zero-order valence-corrected chi connectivity index (χ0v) is 11.5. The van der Waals surface area contributed by atoms with Gasteiger partial charge < -0.3 is 14.8 Å². The van der Waals surface area contributed by atoms with Crippen molar-refractivity contribution in [2.45, 2.75) is 31.7 Å². The number of nitroso groups, excluding NO2 is 1. The molecule has 0 fully saturated rings. The summed E-state index contributed by atoms with van der Waals surface area (Å²) in [6, 6.07) is -0.415. The fourth-order valence-electron chi connectivity index (χ4n) is 1.20. The van der Waals surface area contributed by atoms with Crippen LogP contribution in [0.25, 0.3) is 0 Å². The van der Waals surface area contributed by atoms with Crippen LogP contribution in [0.1, 0.15) is 19.8 Å². The summed E-state index contributed by atoms with van der Waals surface area (Å²) in [5.74, 6) is -0.309. The van der Waals surface area contributed by atoms with Crippen LogP contribution < -0.4 is 5.32 Å². The fraction of sp³-hybridized carbons (Fsp3) is 0.889. The van der Waals surface area contributed by atoms with Gasteiger partial charge in [0.05, 0.1) is 6.42 Å². The maximum absolute atomic E-state index is 11.4. The van der Waals surface area contributed by atoms with E-state index in [4.69, 9.17) is 9.47 Å². The first-order valence-corrected chi connectivity index (χ1v) is 7.14. The molecule has 6 nitrogen and oxygen atoms in total. The van der Waals surface area contributed by atoms with Crippen molar-refractivity contribution in [2.75, 3.05) is 20.4 Å². The Balaban J connectivity index is 3.68. The average Bonchev–Trinajstić information content (AvgIpc) is 2.31. The van der Waals surface area contributed by atoms with Crippen molar-refractivity contribution in [3.05, 3.63) is 4.91 Å². The summed E-state index contributed by atoms with van der Waals surface area (Å²) >= 11 is 0. The summed E-state index contributed by atoms with van der Waals surface area (Å²) in [6.45, 7) is 1.83. The second kappa shape index (κ2) is 9.43. The molecule has 0 heterocycles. The summed E-state index contributed by atoms with van der Waals surface area (Å²) in [6.07, 6.45) is 1.35. The molecule has 1 atom stereocenters. The van der Waals surface area contributed by atoms with Gasteiger partial charge in [0.1, 0.15) is 21.5 Å². The highest BCUT2D eigenvalue weighted by Crippen LogP contribution is 2.01. The lowest BCUT2D eigenvalue weighted by Gasteiger charge is -2.13. The Kier molecular flexibility index (Phi) is 8.97. The third-order valence-corrected chi connectivity index (χ3v) is 3.95. The van der Waals surface area contributed by atoms with Gasteiger partial charge in [-0.25, -0.2) is 0 Å². The molecular formula is C9H20N2O4Si. The largest absolute Gasteiger partial charge is 0.360 e. The van der Waals surface area contributed by atoms with Gasteiger partial charge >= 0.3 is 0 Å². The smallest absolute Gasteiger partial charge is 0.221 e. The Morgan fingerprint density at radius 1 is 1.44 bits per heavy atom. The van der Waals surface area contributed by atoms with Gasteiger partial charge in [-0.1, -0.05) is 12.1 Å². The van der Waals surface area contributed by atoms with Gasteiger partial charge in [-0.2, -0.15) is 4.91 Å². The highest BCUT2D eigenvalue weighted by molar-refractivity contribution is 6.37. The van der Waals surface area contributed by atoms with Crippen LogP contribution in [0.15, 0.2) is 5.18 Å². The molecule has 0 aliphatic rings. The van der Waals surface area contributed by atoms with Crippen LogP contribution in [-0.2, 0) is 14.3 Å². The Morgan fingerprint density at radius 3 is 2.50 bits per heavy atom. The van der Waals surface area contributed by atoms with E-state index < -0.39 is 15.6 Å². The van der Waals surface area contributed by atoms with Crippen LogP contribution >= 0.6 is 0 Å². The van der Waals surface area contributed by atoms with E-state index in [9.17, 15) is 9.70 Å². The lowest BCUT2D eigenvalue weighted by atomic mass is 10.1. The highest BCUT2D eigenvalue weighted by atomic mass is 28.2. The van der Waals surface area contributed by atoms with Crippen LogP contribution in [0, 0.1) is 4.91 Å². The SMILES string of the molecule is CCC(CC(=O)NC[SiH2]C(OC)OC)N=O. The lowest BCUT2D eigenvalue weighted by molar-refractivity contribution is -0.121. The number of nitrogens with zero attached hydrogens (tertiary/aromatic N) is 1. The maximum Gasteiger partial charge on any atom is 0.221 e. The molecule has 16 heavy (non-hydrogen) atoms. The van der Waals surface area contributed by atoms with Gasteiger partial charge in [-0.3, -0.25) is 4.79 Å². The van der Waals surface area contributed by atoms with Crippen molar-refractivity contribution in [3.63, 3.8) is 0 Å². The molecular weight excluding hydrogens is 228 g/mol. The number of ether oxygens (including phenoxy) is 2. The quantitative estimate of drug-likeness (QED) is 0.346. The second-order valence-corrected chi connectivity index (χ2v) is 5.16. The van der Waals surface area contributed by atoms with Crippen molar-refractivity contribution >= 4 is 15.4 Å². The standard InChI is InChI=1S/C9H20N2O4Si/c1-4-7(11-13)5-8(12)10-6-16-9(14-2)15-3/h7,9H,4-6,16H2,1-3H3,(H,10,12). The fourth-order valence-corrected chi connectivity index (χ4v) is 2.33. The van der Waals surface area contributed by atoms with Crippen molar-refractivity contribution in [1.82, 2.24) is 5.32 Å². The Bertz CT molecular complexity index is 212. The second-order valence-electron chi connectivity index (χ2n) is 3.41. The summed E-state index contributed by atoms with van der Waals surface area (Å²) < 4.78 is 10.0. The molecule has 0 rings (SSSR count). The third-order valence-electron chi connectivity index (χ3n) is 2.27. The molecule has 1 N–H and O–H groups in total. The van der Waals surface area contributed by atoms with Gasteiger partial charge in [0.15, 0.2) is 0 Å². The first kappa shape index (κ1) is 15.2. The van der Waals surface area contributed by atoms with Crippen LogP contribution in [0.2, 0.25) is 0 Å². The zero-order valence-electron chi connectivity index (χ0n) is 10.1. The molecule has 0 saturated carbocycles. The molecule has 0 saturated heterocycles. The van der Waals surface area contributed by atoms with E-state index in [2.05, 4.69) is 10.5 Å². The minimum absolute atomic E-state index is 0.134. The zero-order chi connectivity index (χ0) is 12.4. The molecule has 0 bridgehead atoms. The van der Waals surface area contributed by atoms with Crippen LogP contribution in [-0.4, -0.2) is 47.8 Å². The molecule has 0 spiro atoms. The average molecular weight is 248 g/mol. The number of hydrogen-bond acceptors (Lipinski definition) is 5. The highest BCUT2D eigenvalue weighted by Gasteiger charge is 2.12. The van der Waals surface area contributed by atoms with E-state index >= 15 is 0 Å². The summed E-state index contributed by atoms with van der Waals surface area (Å²) in [4.78, 5) is 21.6. The van der Waals surface area contributed by atoms with E-state index in [1.807, 2.05) is 6.92 Å². The predicted octanol–water partition coefficient (Wildman–Crippen LogP) is -0.260. The number of methoxy groups -OCH3 is 2. The number of nitrogens with one attached hydrogen (secondary N) is 1. The molecule has 7 heteroatoms. The van der Waals surface area contributed by atoms with Crippen LogP contribution in [0.3, 0.4) is 0 Å². The van der Waals surface area contributed by atoms with E-state index in [0.717, 1.165) is 0 Å². The number of hydrogen-bond donors (Lipinski definition) is 1. The third kappa shape index (κ3) is 6.65. The summed E-state index contributed by atoms with van der Waals surface area (Å²) in [5.41, 5.74) is 0. The Hall–Kier alpha value is -0.793. The Labute approximate surface area is 97.9 Å². The van der Waals surface area contributed by atoms with Crippen molar-refractivity contribution in [1.29, 1.82) is 0 Å². The molecule has 0 aliphatic heterocycles. The molecule has 0 aliphatic carbocycles. The van der Waals surface area contributed by atoms with E-state index in [1.54, 1.807) is 14.2 Å². The van der Waals surface area contributed by atoms with Crippen molar-refractivity contribution in [2.24, 2.45) is 5.18 Å². The van der Waals surface area contributed by atoms with Crippen LogP contribution in [0.4, 0.5) is 0 Å². The molecule has 0 radical (unpaired) electrons. The van der Waals surface area contributed by atoms with Gasteiger partial charge in [0.2, 0.25) is 5.91 Å². The van der Waals surface area contributed by atoms with Gasteiger partial charge in [-0.05, 0) is 6.42 Å². The topological polar surface area (TPSA) is 77.0 Å².